The van der Waals surface area contributed by atoms with Crippen molar-refractivity contribution in [3.63, 3.8) is 0 Å². The summed E-state index contributed by atoms with van der Waals surface area (Å²) in [5, 5.41) is 0. The summed E-state index contributed by atoms with van der Waals surface area (Å²) in [4.78, 5) is 31.5. The first-order chi connectivity index (χ1) is 14.6. The zero-order chi connectivity index (χ0) is 22.8. The lowest BCUT2D eigenvalue weighted by atomic mass is 9.84. The summed E-state index contributed by atoms with van der Waals surface area (Å²) in [7, 11) is 0. The lowest BCUT2D eigenvalue weighted by Gasteiger charge is -2.37. The minimum absolute atomic E-state index is 0.0144. The van der Waals surface area contributed by atoms with E-state index < -0.39 is 11.4 Å². The van der Waals surface area contributed by atoms with Gasteiger partial charge in [0.1, 0.15) is 5.82 Å². The van der Waals surface area contributed by atoms with Crippen LogP contribution in [0.4, 0.5) is 4.39 Å². The Morgan fingerprint density at radius 1 is 1.19 bits per heavy atom. The topological polar surface area (TPSA) is 75.8 Å². The minimum atomic E-state index is -0.547. The molecule has 1 amide bonds. The van der Waals surface area contributed by atoms with E-state index in [1.165, 1.54) is 17.0 Å². The van der Waals surface area contributed by atoms with Crippen molar-refractivity contribution in [1.29, 1.82) is 0 Å². The molecule has 1 aliphatic heterocycles. The molecule has 0 saturated carbocycles. The molecule has 2 N–H and O–H groups in total. The quantitative estimate of drug-likeness (QED) is 0.658. The van der Waals surface area contributed by atoms with Crippen molar-refractivity contribution in [3.8, 4) is 0 Å². The fraction of sp³-hybridized carbons (Fsp3) is 0.400. The summed E-state index contributed by atoms with van der Waals surface area (Å²) in [6.07, 6.45) is 0.507. The molecule has 0 spiro atoms. The van der Waals surface area contributed by atoms with Gasteiger partial charge >= 0.3 is 0 Å². The van der Waals surface area contributed by atoms with Crippen molar-refractivity contribution < 1.29 is 14.0 Å². The Balaban J connectivity index is 1.78. The molecule has 0 aromatic heterocycles. The van der Waals surface area contributed by atoms with Crippen LogP contribution in [0.3, 0.4) is 0 Å². The number of carbonyl (C=O) groups excluding carboxylic acids is 2. The molecule has 2 atom stereocenters. The standard InChI is InChI=1S/C25H30FN3O2/c1-16(2)25(4)14-23(31)29(24(27)28-25)15-18-11-20(13-21(26)12-18)22(30)10-17(3)19-8-6-5-7-9-19/h5-9,11-13,16-17H,10,14-15H2,1-4H3,(H2,27,28)/t17-,25-/m0/s1. The van der Waals surface area contributed by atoms with Crippen LogP contribution in [-0.2, 0) is 11.3 Å². The first kappa shape index (κ1) is 22.7. The summed E-state index contributed by atoms with van der Waals surface area (Å²) in [6, 6.07) is 14.0. The fourth-order valence-electron chi connectivity index (χ4n) is 3.77. The Labute approximate surface area is 183 Å². The molecule has 2 aromatic rings. The van der Waals surface area contributed by atoms with Gasteiger partial charge in [0.05, 0.1) is 18.5 Å². The van der Waals surface area contributed by atoms with Gasteiger partial charge in [-0.2, -0.15) is 0 Å². The maximum absolute atomic E-state index is 14.3. The molecule has 0 radical (unpaired) electrons. The molecule has 0 aliphatic carbocycles. The van der Waals surface area contributed by atoms with E-state index in [0.717, 1.165) is 5.56 Å². The monoisotopic (exact) mass is 423 g/mol. The highest BCUT2D eigenvalue weighted by atomic mass is 19.1. The van der Waals surface area contributed by atoms with Crippen LogP contribution in [0.1, 0.15) is 67.9 Å². The third kappa shape index (κ3) is 5.19. The molecule has 0 saturated heterocycles. The van der Waals surface area contributed by atoms with E-state index >= 15 is 0 Å². The first-order valence-corrected chi connectivity index (χ1v) is 10.6. The van der Waals surface area contributed by atoms with Crippen molar-refractivity contribution in [2.75, 3.05) is 0 Å². The molecule has 1 heterocycles. The van der Waals surface area contributed by atoms with Crippen molar-refractivity contribution in [3.05, 3.63) is 71.0 Å². The SMILES string of the molecule is CC(C)[C@]1(C)CC(=O)N(Cc2cc(F)cc(C(=O)C[C@H](C)c3ccccc3)c2)C(N)=N1. The Morgan fingerprint density at radius 3 is 2.48 bits per heavy atom. The van der Waals surface area contributed by atoms with Gasteiger partial charge in [0.15, 0.2) is 11.7 Å². The van der Waals surface area contributed by atoms with Crippen molar-refractivity contribution >= 4 is 17.6 Å². The third-order valence-corrected chi connectivity index (χ3v) is 6.18. The van der Waals surface area contributed by atoms with E-state index in [4.69, 9.17) is 5.73 Å². The number of ketones is 1. The highest BCUT2D eigenvalue weighted by Crippen LogP contribution is 2.30. The fourth-order valence-corrected chi connectivity index (χ4v) is 3.77. The van der Waals surface area contributed by atoms with Crippen LogP contribution in [0.5, 0.6) is 0 Å². The summed E-state index contributed by atoms with van der Waals surface area (Å²) in [5.74, 6) is -0.514. The molecule has 0 bridgehead atoms. The minimum Gasteiger partial charge on any atom is -0.369 e. The van der Waals surface area contributed by atoms with Gasteiger partial charge in [-0.1, -0.05) is 51.1 Å². The Bertz CT molecular complexity index is 1000. The van der Waals surface area contributed by atoms with Gasteiger partial charge < -0.3 is 5.73 Å². The maximum Gasteiger partial charge on any atom is 0.232 e. The zero-order valence-corrected chi connectivity index (χ0v) is 18.6. The van der Waals surface area contributed by atoms with Crippen molar-refractivity contribution in [2.24, 2.45) is 16.6 Å². The van der Waals surface area contributed by atoms with E-state index in [0.29, 0.717) is 11.1 Å². The predicted molar refractivity (Wildman–Crippen MR) is 120 cm³/mol. The number of aliphatic imine (C=N–C) groups is 1. The van der Waals surface area contributed by atoms with Crippen LogP contribution in [0.25, 0.3) is 0 Å². The molecule has 1 aliphatic rings. The molecule has 0 fully saturated rings. The molecule has 2 aromatic carbocycles. The predicted octanol–water partition coefficient (Wildman–Crippen LogP) is 4.66. The number of nitrogens with two attached hydrogens (primary N) is 1. The van der Waals surface area contributed by atoms with E-state index in [2.05, 4.69) is 4.99 Å². The number of halogens is 1. The average Bonchev–Trinajstić information content (AvgIpc) is 2.71. The van der Waals surface area contributed by atoms with Gasteiger partial charge in [0.2, 0.25) is 5.91 Å². The summed E-state index contributed by atoms with van der Waals surface area (Å²) in [5.41, 5.74) is 7.41. The number of Topliss-reactive ketones (excluding diaryl/α,β-unsaturated/α-hetero) is 1. The summed E-state index contributed by atoms with van der Waals surface area (Å²) < 4.78 is 14.3. The number of carbonyl (C=O) groups is 2. The Hall–Kier alpha value is -3.02. The molecule has 5 nitrogen and oxygen atoms in total. The molecule has 0 unspecified atom stereocenters. The summed E-state index contributed by atoms with van der Waals surface area (Å²) in [6.45, 7) is 7.96. The van der Waals surface area contributed by atoms with Gasteiger partial charge in [0.25, 0.3) is 0 Å². The van der Waals surface area contributed by atoms with E-state index in [1.54, 1.807) is 6.07 Å². The Morgan fingerprint density at radius 2 is 1.87 bits per heavy atom. The number of guanidine groups is 1. The molecule has 31 heavy (non-hydrogen) atoms. The largest absolute Gasteiger partial charge is 0.369 e. The number of amides is 1. The zero-order valence-electron chi connectivity index (χ0n) is 18.6. The van der Waals surface area contributed by atoms with E-state index in [9.17, 15) is 14.0 Å². The van der Waals surface area contributed by atoms with Gasteiger partial charge in [-0.25, -0.2) is 9.38 Å². The smallest absolute Gasteiger partial charge is 0.232 e. The number of rotatable bonds is 7. The van der Waals surface area contributed by atoms with Gasteiger partial charge in [-0.3, -0.25) is 14.5 Å². The van der Waals surface area contributed by atoms with Crippen molar-refractivity contribution in [1.82, 2.24) is 4.90 Å². The number of hydrogen-bond donors (Lipinski definition) is 1. The van der Waals surface area contributed by atoms with Gasteiger partial charge in [0, 0.05) is 12.0 Å². The number of hydrogen-bond acceptors (Lipinski definition) is 4. The van der Waals surface area contributed by atoms with Crippen LogP contribution >= 0.6 is 0 Å². The van der Waals surface area contributed by atoms with Crippen LogP contribution in [-0.4, -0.2) is 28.1 Å². The lowest BCUT2D eigenvalue weighted by molar-refractivity contribution is -0.130. The second-order valence-electron chi connectivity index (χ2n) is 8.93. The number of nitrogens with zero attached hydrogens (tertiary/aromatic N) is 2. The molecule has 6 heteroatoms. The van der Waals surface area contributed by atoms with Crippen LogP contribution < -0.4 is 5.73 Å². The first-order valence-electron chi connectivity index (χ1n) is 10.6. The van der Waals surface area contributed by atoms with Gasteiger partial charge in [-0.05, 0) is 48.1 Å². The average molecular weight is 424 g/mol. The number of benzene rings is 2. The molecular formula is C25H30FN3O2. The Kier molecular flexibility index (Phi) is 6.58. The normalized spacial score (nSPS) is 20.0. The maximum atomic E-state index is 14.3. The van der Waals surface area contributed by atoms with Crippen LogP contribution in [0, 0.1) is 11.7 Å². The second-order valence-corrected chi connectivity index (χ2v) is 8.93. The lowest BCUT2D eigenvalue weighted by Crippen LogP contribution is -2.51. The molecule has 3 rings (SSSR count). The van der Waals surface area contributed by atoms with Gasteiger partial charge in [-0.15, -0.1) is 0 Å². The van der Waals surface area contributed by atoms with E-state index in [-0.39, 0.29) is 48.9 Å². The molecule has 164 valence electrons. The summed E-state index contributed by atoms with van der Waals surface area (Å²) >= 11 is 0. The van der Waals surface area contributed by atoms with Crippen LogP contribution in [0.15, 0.2) is 53.5 Å². The molecular weight excluding hydrogens is 393 g/mol. The second kappa shape index (κ2) is 9.00. The van der Waals surface area contributed by atoms with Crippen molar-refractivity contribution in [2.45, 2.75) is 58.5 Å². The van der Waals surface area contributed by atoms with Crippen LogP contribution in [0.2, 0.25) is 0 Å². The third-order valence-electron chi connectivity index (χ3n) is 6.18. The highest BCUT2D eigenvalue weighted by molar-refractivity contribution is 5.99. The van der Waals surface area contributed by atoms with E-state index in [1.807, 2.05) is 58.0 Å². The highest BCUT2D eigenvalue weighted by Gasteiger charge is 2.38.